The van der Waals surface area contributed by atoms with Crippen LogP contribution in [0.3, 0.4) is 0 Å². The second kappa shape index (κ2) is 7.46. The Balaban J connectivity index is 2.18. The molecule has 7 nitrogen and oxygen atoms in total. The van der Waals surface area contributed by atoms with Crippen LogP contribution >= 0.6 is 23.4 Å². The minimum atomic E-state index is -0.444. The van der Waals surface area contributed by atoms with Crippen molar-refractivity contribution in [1.82, 2.24) is 20.8 Å². The number of hydrogen-bond donors (Lipinski definition) is 2. The van der Waals surface area contributed by atoms with Crippen LogP contribution in [-0.2, 0) is 9.53 Å². The van der Waals surface area contributed by atoms with Crippen molar-refractivity contribution in [1.29, 1.82) is 0 Å². The lowest BCUT2D eigenvalue weighted by Gasteiger charge is -2.26. The number of nitrogens with one attached hydrogen (secondary N) is 2. The quantitative estimate of drug-likeness (QED) is 0.625. The lowest BCUT2D eigenvalue weighted by molar-refractivity contribution is -0.138. The summed E-state index contributed by atoms with van der Waals surface area (Å²) in [6.07, 6.45) is 0. The molecule has 0 aliphatic carbocycles. The second-order valence-electron chi connectivity index (χ2n) is 4.42. The third-order valence-electron chi connectivity index (χ3n) is 2.84. The molecule has 0 spiro atoms. The van der Waals surface area contributed by atoms with Crippen molar-refractivity contribution in [3.63, 3.8) is 0 Å². The molecule has 0 radical (unpaired) electrons. The van der Waals surface area contributed by atoms with Gasteiger partial charge in [-0.3, -0.25) is 0 Å². The molecule has 0 bridgehead atoms. The van der Waals surface area contributed by atoms with E-state index in [9.17, 15) is 9.59 Å². The first-order chi connectivity index (χ1) is 10.5. The van der Waals surface area contributed by atoms with E-state index in [1.54, 1.807) is 26.0 Å². The van der Waals surface area contributed by atoms with Gasteiger partial charge in [0.2, 0.25) is 0 Å². The molecule has 2 N–H and O–H groups in total. The maximum atomic E-state index is 12.1. The Hall–Kier alpha value is -1.80. The highest BCUT2D eigenvalue weighted by atomic mass is 35.5. The Morgan fingerprint density at radius 1 is 1.45 bits per heavy atom. The molecule has 1 aliphatic heterocycles. The minimum Gasteiger partial charge on any atom is -0.463 e. The van der Waals surface area contributed by atoms with E-state index in [1.807, 2.05) is 0 Å². The third-order valence-corrected chi connectivity index (χ3v) is 3.99. The van der Waals surface area contributed by atoms with Gasteiger partial charge in [-0.2, -0.15) is 0 Å². The highest BCUT2D eigenvalue weighted by Crippen LogP contribution is 2.22. The number of rotatable bonds is 5. The van der Waals surface area contributed by atoms with E-state index in [0.29, 0.717) is 27.2 Å². The van der Waals surface area contributed by atoms with Gasteiger partial charge in [0.05, 0.1) is 18.2 Å². The zero-order chi connectivity index (χ0) is 16.1. The molecule has 0 saturated heterocycles. The van der Waals surface area contributed by atoms with E-state index in [-0.39, 0.29) is 12.6 Å². The number of hydrogen-bond acceptors (Lipinski definition) is 6. The molecule has 2 amide bonds. The number of amides is 2. The van der Waals surface area contributed by atoms with Crippen LogP contribution in [0, 0.1) is 0 Å². The summed E-state index contributed by atoms with van der Waals surface area (Å²) < 4.78 is 5.04. The molecule has 1 unspecified atom stereocenters. The first kappa shape index (κ1) is 16.6. The van der Waals surface area contributed by atoms with Gasteiger partial charge in [0.15, 0.2) is 5.15 Å². The Kier molecular flexibility index (Phi) is 5.62. The molecule has 1 aromatic heterocycles. The van der Waals surface area contributed by atoms with Gasteiger partial charge in [-0.1, -0.05) is 23.4 Å². The van der Waals surface area contributed by atoms with E-state index < -0.39 is 12.0 Å². The molecule has 0 fully saturated rings. The van der Waals surface area contributed by atoms with Crippen molar-refractivity contribution < 1.29 is 14.3 Å². The number of thioether (sulfide) groups is 1. The van der Waals surface area contributed by atoms with E-state index in [4.69, 9.17) is 16.3 Å². The maximum Gasteiger partial charge on any atom is 0.337 e. The van der Waals surface area contributed by atoms with E-state index in [2.05, 4.69) is 20.8 Å². The van der Waals surface area contributed by atoms with Crippen LogP contribution in [-0.4, -0.2) is 40.6 Å². The summed E-state index contributed by atoms with van der Waals surface area (Å²) in [5.74, 6) is -0.0809. The molecule has 2 heterocycles. The molecule has 0 aromatic carbocycles. The first-order valence-corrected chi connectivity index (χ1v) is 7.97. The van der Waals surface area contributed by atoms with Crippen LogP contribution in [0.2, 0.25) is 5.15 Å². The fourth-order valence-electron chi connectivity index (χ4n) is 1.92. The molecule has 1 atom stereocenters. The minimum absolute atomic E-state index is 0.270. The predicted molar refractivity (Wildman–Crippen MR) is 82.6 cm³/mol. The topological polar surface area (TPSA) is 93.2 Å². The van der Waals surface area contributed by atoms with Gasteiger partial charge in [0.1, 0.15) is 5.03 Å². The maximum absolute atomic E-state index is 12.1. The van der Waals surface area contributed by atoms with Gasteiger partial charge in [-0.05, 0) is 26.0 Å². The average molecular weight is 343 g/mol. The lowest BCUT2D eigenvalue weighted by atomic mass is 10.1. The van der Waals surface area contributed by atoms with Gasteiger partial charge in [-0.25, -0.2) is 9.59 Å². The summed E-state index contributed by atoms with van der Waals surface area (Å²) in [6, 6.07) is 2.58. The standard InChI is InChI=1S/C13H15ClN4O3S/c1-3-21-12(19)11-7(2)15-13(20)16-8(11)6-22-10-5-4-9(14)17-18-10/h4-5,7H,3,6H2,1-2H3,(H2,15,16,20). The van der Waals surface area contributed by atoms with Gasteiger partial charge in [-0.15, -0.1) is 10.2 Å². The molecule has 1 aromatic rings. The van der Waals surface area contributed by atoms with Crippen LogP contribution in [0.4, 0.5) is 4.79 Å². The summed E-state index contributed by atoms with van der Waals surface area (Å²) in [4.78, 5) is 23.7. The summed E-state index contributed by atoms with van der Waals surface area (Å²) in [6.45, 7) is 3.74. The first-order valence-electron chi connectivity index (χ1n) is 6.61. The average Bonchev–Trinajstić information content (AvgIpc) is 2.46. The number of urea groups is 1. The Morgan fingerprint density at radius 2 is 2.23 bits per heavy atom. The number of carbonyl (C=O) groups excluding carboxylic acids is 2. The van der Waals surface area contributed by atoms with Crippen molar-refractivity contribution in [2.75, 3.05) is 12.4 Å². The highest BCUT2D eigenvalue weighted by Gasteiger charge is 2.29. The zero-order valence-corrected chi connectivity index (χ0v) is 13.6. The number of esters is 1. The predicted octanol–water partition coefficient (Wildman–Crippen LogP) is 1.74. The SMILES string of the molecule is CCOC(=O)C1=C(CSc2ccc(Cl)nn2)NC(=O)NC1C. The fourth-order valence-corrected chi connectivity index (χ4v) is 2.80. The third kappa shape index (κ3) is 4.11. The second-order valence-corrected chi connectivity index (χ2v) is 5.80. The molecule has 1 aliphatic rings. The van der Waals surface area contributed by atoms with Crippen molar-refractivity contribution in [3.05, 3.63) is 28.6 Å². The van der Waals surface area contributed by atoms with Crippen LogP contribution < -0.4 is 10.6 Å². The zero-order valence-electron chi connectivity index (χ0n) is 12.1. The highest BCUT2D eigenvalue weighted by molar-refractivity contribution is 7.99. The number of nitrogens with zero attached hydrogens (tertiary/aromatic N) is 2. The van der Waals surface area contributed by atoms with Gasteiger partial charge in [0.25, 0.3) is 0 Å². The summed E-state index contributed by atoms with van der Waals surface area (Å²) in [5, 5.41) is 13.9. The Labute approximate surface area is 136 Å². The number of carbonyl (C=O) groups is 2. The fraction of sp³-hybridized carbons (Fsp3) is 0.385. The van der Waals surface area contributed by atoms with Crippen LogP contribution in [0.1, 0.15) is 13.8 Å². The Morgan fingerprint density at radius 3 is 2.86 bits per heavy atom. The normalized spacial score (nSPS) is 17.8. The largest absolute Gasteiger partial charge is 0.463 e. The van der Waals surface area contributed by atoms with Crippen molar-refractivity contribution in [3.8, 4) is 0 Å². The molecule has 9 heteroatoms. The van der Waals surface area contributed by atoms with Crippen molar-refractivity contribution in [2.24, 2.45) is 0 Å². The smallest absolute Gasteiger partial charge is 0.337 e. The van der Waals surface area contributed by atoms with Gasteiger partial charge in [0, 0.05) is 11.4 Å². The Bertz CT molecular complexity index is 606. The van der Waals surface area contributed by atoms with Gasteiger partial charge >= 0.3 is 12.0 Å². The van der Waals surface area contributed by atoms with Crippen LogP contribution in [0.25, 0.3) is 0 Å². The van der Waals surface area contributed by atoms with E-state index >= 15 is 0 Å². The number of ether oxygens (including phenoxy) is 1. The summed E-state index contributed by atoms with van der Waals surface area (Å²) >= 11 is 7.02. The van der Waals surface area contributed by atoms with Gasteiger partial charge < -0.3 is 15.4 Å². The molecule has 22 heavy (non-hydrogen) atoms. The number of halogens is 1. The van der Waals surface area contributed by atoms with E-state index in [0.717, 1.165) is 0 Å². The molecular weight excluding hydrogens is 328 g/mol. The van der Waals surface area contributed by atoms with Crippen LogP contribution in [0.15, 0.2) is 28.4 Å². The monoisotopic (exact) mass is 342 g/mol. The van der Waals surface area contributed by atoms with Crippen molar-refractivity contribution in [2.45, 2.75) is 24.9 Å². The lowest BCUT2D eigenvalue weighted by Crippen LogP contribution is -2.49. The molecule has 0 saturated carbocycles. The number of aromatic nitrogens is 2. The summed E-state index contributed by atoms with van der Waals surface area (Å²) in [7, 11) is 0. The summed E-state index contributed by atoms with van der Waals surface area (Å²) in [5.41, 5.74) is 0.923. The van der Waals surface area contributed by atoms with E-state index in [1.165, 1.54) is 11.8 Å². The van der Waals surface area contributed by atoms with Crippen LogP contribution in [0.5, 0.6) is 0 Å². The molecular formula is C13H15ClN4O3S. The molecule has 118 valence electrons. The van der Waals surface area contributed by atoms with Crippen molar-refractivity contribution >= 4 is 35.4 Å². The molecule has 2 rings (SSSR count).